The molecule has 1 unspecified atom stereocenters. The lowest BCUT2D eigenvalue weighted by atomic mass is 10.1. The van der Waals surface area contributed by atoms with Crippen LogP contribution in [-0.2, 0) is 21.2 Å². The third-order valence-electron chi connectivity index (χ3n) is 5.24. The summed E-state index contributed by atoms with van der Waals surface area (Å²) in [4.78, 5) is 17.4. The van der Waals surface area contributed by atoms with E-state index in [4.69, 9.17) is 0 Å². The Labute approximate surface area is 181 Å². The van der Waals surface area contributed by atoms with E-state index in [1.54, 1.807) is 11.3 Å². The van der Waals surface area contributed by atoms with E-state index in [2.05, 4.69) is 16.4 Å². The van der Waals surface area contributed by atoms with Crippen LogP contribution < -0.4 is 5.32 Å². The zero-order valence-electron chi connectivity index (χ0n) is 16.9. The highest BCUT2D eigenvalue weighted by Crippen LogP contribution is 2.25. The summed E-state index contributed by atoms with van der Waals surface area (Å²) in [7, 11) is -3.38. The number of nitrogens with one attached hydrogen (secondary N) is 1. The van der Waals surface area contributed by atoms with Gasteiger partial charge < -0.3 is 5.32 Å². The first-order chi connectivity index (χ1) is 14.5. The lowest BCUT2D eigenvalue weighted by molar-refractivity contribution is -0.119. The molecule has 1 aliphatic rings. The normalized spacial score (nSPS) is 17.4. The minimum Gasteiger partial charge on any atom is -0.325 e. The number of hydrogen-bond donors (Lipinski definition) is 1. The Kier molecular flexibility index (Phi) is 6.17. The molecule has 1 atom stereocenters. The maximum atomic E-state index is 12.7. The van der Waals surface area contributed by atoms with Crippen LogP contribution in [0, 0.1) is 0 Å². The van der Waals surface area contributed by atoms with Crippen molar-refractivity contribution in [2.24, 2.45) is 0 Å². The molecule has 0 bridgehead atoms. The second-order valence-corrected chi connectivity index (χ2v) is 10.7. The Morgan fingerprint density at radius 2 is 1.97 bits per heavy atom. The highest BCUT2D eigenvalue weighted by Gasteiger charge is 2.38. The van der Waals surface area contributed by atoms with E-state index < -0.39 is 16.1 Å². The molecule has 0 saturated carbocycles. The van der Waals surface area contributed by atoms with Gasteiger partial charge in [0.1, 0.15) is 6.04 Å². The number of anilines is 1. The Morgan fingerprint density at radius 1 is 1.20 bits per heavy atom. The first-order valence-electron chi connectivity index (χ1n) is 10.2. The Balaban J connectivity index is 1.41. The molecule has 8 heteroatoms. The van der Waals surface area contributed by atoms with E-state index in [-0.39, 0.29) is 11.7 Å². The molecule has 2 aromatic carbocycles. The van der Waals surface area contributed by atoms with Crippen molar-refractivity contribution in [3.63, 3.8) is 0 Å². The number of para-hydroxylation sites is 1. The van der Waals surface area contributed by atoms with Gasteiger partial charge in [0, 0.05) is 18.7 Å². The largest absolute Gasteiger partial charge is 0.325 e. The van der Waals surface area contributed by atoms with E-state index in [9.17, 15) is 13.2 Å². The van der Waals surface area contributed by atoms with E-state index in [0.717, 1.165) is 22.5 Å². The van der Waals surface area contributed by atoms with Gasteiger partial charge in [-0.25, -0.2) is 13.4 Å². The molecule has 30 heavy (non-hydrogen) atoms. The van der Waals surface area contributed by atoms with Crippen molar-refractivity contribution in [2.75, 3.05) is 17.6 Å². The number of thiazole rings is 1. The molecule has 1 fully saturated rings. The lowest BCUT2D eigenvalue weighted by Gasteiger charge is -2.23. The molecular weight excluding hydrogens is 418 g/mol. The molecule has 1 aliphatic heterocycles. The van der Waals surface area contributed by atoms with Crippen molar-refractivity contribution in [2.45, 2.75) is 38.6 Å². The number of aromatic nitrogens is 1. The SMILES string of the molecule is CCCS(=O)(=O)N1CCCC1C(=O)Nc1ccc(Cc2nc3ccccc3s2)cc1. The number of carbonyl (C=O) groups is 1. The highest BCUT2D eigenvalue weighted by molar-refractivity contribution is 7.89. The topological polar surface area (TPSA) is 79.4 Å². The van der Waals surface area contributed by atoms with Crippen molar-refractivity contribution in [1.82, 2.24) is 9.29 Å². The van der Waals surface area contributed by atoms with Crippen LogP contribution in [0.3, 0.4) is 0 Å². The Bertz CT molecular complexity index is 1110. The fourth-order valence-electron chi connectivity index (χ4n) is 3.81. The van der Waals surface area contributed by atoms with Crippen molar-refractivity contribution < 1.29 is 13.2 Å². The summed E-state index contributed by atoms with van der Waals surface area (Å²) >= 11 is 1.69. The maximum Gasteiger partial charge on any atom is 0.242 e. The van der Waals surface area contributed by atoms with Gasteiger partial charge >= 0.3 is 0 Å². The van der Waals surface area contributed by atoms with Crippen LogP contribution in [0.2, 0.25) is 0 Å². The van der Waals surface area contributed by atoms with Gasteiger partial charge in [0.15, 0.2) is 0 Å². The number of fused-ring (bicyclic) bond motifs is 1. The van der Waals surface area contributed by atoms with Gasteiger partial charge in [-0.2, -0.15) is 4.31 Å². The van der Waals surface area contributed by atoms with Gasteiger partial charge in [-0.05, 0) is 49.1 Å². The van der Waals surface area contributed by atoms with E-state index in [1.807, 2.05) is 49.4 Å². The molecule has 2 heterocycles. The predicted molar refractivity (Wildman–Crippen MR) is 121 cm³/mol. The van der Waals surface area contributed by atoms with Gasteiger partial charge in [-0.3, -0.25) is 4.79 Å². The fraction of sp³-hybridized carbons (Fsp3) is 0.364. The summed E-state index contributed by atoms with van der Waals surface area (Å²) in [5, 5.41) is 3.93. The smallest absolute Gasteiger partial charge is 0.242 e. The molecule has 1 saturated heterocycles. The van der Waals surface area contributed by atoms with Crippen molar-refractivity contribution in [3.05, 3.63) is 59.1 Å². The Hall–Kier alpha value is -2.29. The zero-order chi connectivity index (χ0) is 21.1. The lowest BCUT2D eigenvalue weighted by Crippen LogP contribution is -2.44. The van der Waals surface area contributed by atoms with Crippen LogP contribution in [0.5, 0.6) is 0 Å². The van der Waals surface area contributed by atoms with Crippen LogP contribution in [0.15, 0.2) is 48.5 Å². The van der Waals surface area contributed by atoms with Crippen LogP contribution in [0.4, 0.5) is 5.69 Å². The molecule has 0 spiro atoms. The average molecular weight is 444 g/mol. The van der Waals surface area contributed by atoms with Gasteiger partial charge in [0.2, 0.25) is 15.9 Å². The van der Waals surface area contributed by atoms with Crippen molar-refractivity contribution in [1.29, 1.82) is 0 Å². The number of hydrogen-bond acceptors (Lipinski definition) is 5. The number of benzene rings is 2. The first kappa shape index (κ1) is 21.0. The number of nitrogens with zero attached hydrogens (tertiary/aromatic N) is 2. The van der Waals surface area contributed by atoms with Crippen LogP contribution in [0.25, 0.3) is 10.2 Å². The first-order valence-corrected chi connectivity index (χ1v) is 12.6. The molecule has 1 aromatic heterocycles. The second-order valence-electron chi connectivity index (χ2n) is 7.52. The molecule has 3 aromatic rings. The fourth-order valence-corrected chi connectivity index (χ4v) is 6.56. The molecule has 0 radical (unpaired) electrons. The predicted octanol–water partition coefficient (Wildman–Crippen LogP) is 4.03. The quantitative estimate of drug-likeness (QED) is 0.598. The van der Waals surface area contributed by atoms with Gasteiger partial charge in [0.25, 0.3) is 0 Å². The third kappa shape index (κ3) is 4.55. The molecule has 4 rings (SSSR count). The minimum atomic E-state index is -3.38. The summed E-state index contributed by atoms with van der Waals surface area (Å²) in [6.45, 7) is 2.25. The maximum absolute atomic E-state index is 12.7. The second kappa shape index (κ2) is 8.83. The van der Waals surface area contributed by atoms with Gasteiger partial charge in [0.05, 0.1) is 21.0 Å². The van der Waals surface area contributed by atoms with Gasteiger partial charge in [-0.1, -0.05) is 31.2 Å². The number of sulfonamides is 1. The van der Waals surface area contributed by atoms with E-state index >= 15 is 0 Å². The van der Waals surface area contributed by atoms with Crippen molar-refractivity contribution >= 4 is 43.2 Å². The van der Waals surface area contributed by atoms with E-state index in [1.165, 1.54) is 9.01 Å². The summed E-state index contributed by atoms with van der Waals surface area (Å²) in [6.07, 6.45) is 2.55. The van der Waals surface area contributed by atoms with Crippen LogP contribution in [0.1, 0.15) is 36.8 Å². The average Bonchev–Trinajstić information content (AvgIpc) is 3.36. The molecule has 158 valence electrons. The summed E-state index contributed by atoms with van der Waals surface area (Å²) < 4.78 is 27.4. The van der Waals surface area contributed by atoms with E-state index in [0.29, 0.717) is 31.5 Å². The Morgan fingerprint density at radius 3 is 2.70 bits per heavy atom. The monoisotopic (exact) mass is 443 g/mol. The molecule has 1 amide bonds. The molecule has 0 aliphatic carbocycles. The van der Waals surface area contributed by atoms with Crippen LogP contribution in [-0.4, -0.2) is 42.0 Å². The minimum absolute atomic E-state index is 0.0806. The third-order valence-corrected chi connectivity index (χ3v) is 8.35. The highest BCUT2D eigenvalue weighted by atomic mass is 32.2. The number of rotatable bonds is 7. The summed E-state index contributed by atoms with van der Waals surface area (Å²) in [5.41, 5.74) is 2.80. The zero-order valence-corrected chi connectivity index (χ0v) is 18.5. The summed E-state index contributed by atoms with van der Waals surface area (Å²) in [6, 6.07) is 15.1. The van der Waals surface area contributed by atoms with Gasteiger partial charge in [-0.15, -0.1) is 11.3 Å². The number of carbonyl (C=O) groups excluding carboxylic acids is 1. The molecule has 6 nitrogen and oxygen atoms in total. The number of amides is 1. The summed E-state index contributed by atoms with van der Waals surface area (Å²) in [5.74, 6) is -0.178. The van der Waals surface area contributed by atoms with Crippen molar-refractivity contribution in [3.8, 4) is 0 Å². The molecule has 1 N–H and O–H groups in total. The molecular formula is C22H25N3O3S2. The standard InChI is InChI=1S/C22H25N3O3S2/c1-2-14-30(27,28)25-13-5-7-19(25)22(26)23-17-11-9-16(10-12-17)15-21-24-18-6-3-4-8-20(18)29-21/h3-4,6,8-12,19H,2,5,7,13-15H2,1H3,(H,23,26). The van der Waals surface area contributed by atoms with Crippen LogP contribution >= 0.6 is 11.3 Å².